The summed E-state index contributed by atoms with van der Waals surface area (Å²) in [5.74, 6) is 2.10. The van der Waals surface area contributed by atoms with Gasteiger partial charge in [-0.3, -0.25) is 19.6 Å². The van der Waals surface area contributed by atoms with E-state index in [9.17, 15) is 9.59 Å². The molecule has 2 aromatic carbocycles. The zero-order valence-electron chi connectivity index (χ0n) is 26.4. The monoisotopic (exact) mass is 612 g/mol. The van der Waals surface area contributed by atoms with Crippen molar-refractivity contribution in [3.63, 3.8) is 0 Å². The van der Waals surface area contributed by atoms with Gasteiger partial charge in [0.2, 0.25) is 0 Å². The van der Waals surface area contributed by atoms with Gasteiger partial charge in [-0.15, -0.1) is 0 Å². The van der Waals surface area contributed by atoms with Gasteiger partial charge in [-0.05, 0) is 58.1 Å². The Hall–Kier alpha value is -4.60. The SMILES string of the molecule is CC=C1C[C@H]2C=Nc3cc(OCCCCCOc4cc5c(cc4OC)C(=O)N4CC(=CC)C[C@H]4C=N5)c(OC)cc3C(=O)N2C1. The number of fused-ring (bicyclic) bond motifs is 4. The summed E-state index contributed by atoms with van der Waals surface area (Å²) in [6.07, 6.45) is 12.0. The molecule has 2 amide bonds. The average Bonchev–Trinajstić information content (AvgIpc) is 3.63. The number of methoxy groups -OCH3 is 2. The highest BCUT2D eigenvalue weighted by atomic mass is 16.5. The molecule has 236 valence electrons. The van der Waals surface area contributed by atoms with Gasteiger partial charge in [0.1, 0.15) is 0 Å². The van der Waals surface area contributed by atoms with Crippen LogP contribution in [0.25, 0.3) is 0 Å². The number of ether oxygens (including phenoxy) is 4. The lowest BCUT2D eigenvalue weighted by atomic mass is 10.1. The number of nitrogens with zero attached hydrogens (tertiary/aromatic N) is 4. The van der Waals surface area contributed by atoms with Crippen LogP contribution in [0, 0.1) is 0 Å². The molecular formula is C35H40N4O6. The van der Waals surface area contributed by atoms with Gasteiger partial charge in [-0.2, -0.15) is 0 Å². The lowest BCUT2D eigenvalue weighted by Crippen LogP contribution is -2.35. The fourth-order valence-corrected chi connectivity index (χ4v) is 6.27. The zero-order valence-corrected chi connectivity index (χ0v) is 26.4. The summed E-state index contributed by atoms with van der Waals surface area (Å²) in [5.41, 5.74) is 4.74. The molecule has 0 radical (unpaired) electrons. The molecule has 45 heavy (non-hydrogen) atoms. The maximum absolute atomic E-state index is 13.3. The molecule has 2 fully saturated rings. The van der Waals surface area contributed by atoms with Gasteiger partial charge in [0.05, 0.1) is 62.0 Å². The number of carbonyl (C=O) groups excluding carboxylic acids is 2. The number of allylic oxidation sites excluding steroid dienone is 2. The summed E-state index contributed by atoms with van der Waals surface area (Å²) in [7, 11) is 3.15. The lowest BCUT2D eigenvalue weighted by molar-refractivity contribution is 0.0769. The molecule has 0 unspecified atom stereocenters. The van der Waals surface area contributed by atoms with E-state index in [1.165, 1.54) is 11.1 Å². The highest BCUT2D eigenvalue weighted by Crippen LogP contribution is 2.40. The zero-order chi connectivity index (χ0) is 31.5. The summed E-state index contributed by atoms with van der Waals surface area (Å²) in [4.78, 5) is 39.6. The second-order valence-electron chi connectivity index (χ2n) is 11.7. The smallest absolute Gasteiger partial charge is 0.257 e. The molecule has 4 aliphatic heterocycles. The number of carbonyl (C=O) groups is 2. The first kappa shape index (κ1) is 30.4. The summed E-state index contributed by atoms with van der Waals surface area (Å²) in [5, 5.41) is 0. The number of benzene rings is 2. The Balaban J connectivity index is 1.02. The fourth-order valence-electron chi connectivity index (χ4n) is 6.27. The van der Waals surface area contributed by atoms with Crippen LogP contribution >= 0.6 is 0 Å². The van der Waals surface area contributed by atoms with Gasteiger partial charge in [0.15, 0.2) is 23.0 Å². The summed E-state index contributed by atoms with van der Waals surface area (Å²) < 4.78 is 23.3. The van der Waals surface area contributed by atoms with Crippen LogP contribution in [0.1, 0.15) is 66.7 Å². The first-order valence-corrected chi connectivity index (χ1v) is 15.6. The molecule has 0 N–H and O–H groups in total. The molecule has 0 bridgehead atoms. The van der Waals surface area contributed by atoms with Crippen LogP contribution in [0.5, 0.6) is 23.0 Å². The van der Waals surface area contributed by atoms with Gasteiger partial charge in [-0.25, -0.2) is 0 Å². The van der Waals surface area contributed by atoms with Crippen LogP contribution in [-0.4, -0.2) is 86.6 Å². The quantitative estimate of drug-likeness (QED) is 0.238. The van der Waals surface area contributed by atoms with Crippen molar-refractivity contribution in [2.75, 3.05) is 40.5 Å². The second-order valence-corrected chi connectivity index (χ2v) is 11.7. The fraction of sp³-hybridized carbons (Fsp3) is 0.429. The molecule has 0 aromatic heterocycles. The molecule has 2 aromatic rings. The minimum atomic E-state index is -0.0398. The first-order chi connectivity index (χ1) is 21.9. The molecule has 6 rings (SSSR count). The van der Waals surface area contributed by atoms with Crippen molar-refractivity contribution in [3.05, 3.63) is 58.7 Å². The van der Waals surface area contributed by atoms with Gasteiger partial charge < -0.3 is 28.7 Å². The maximum Gasteiger partial charge on any atom is 0.257 e. The minimum absolute atomic E-state index is 0.0286. The van der Waals surface area contributed by atoms with E-state index in [-0.39, 0.29) is 23.9 Å². The van der Waals surface area contributed by atoms with Gasteiger partial charge in [-0.1, -0.05) is 23.3 Å². The molecular weight excluding hydrogens is 572 g/mol. The second kappa shape index (κ2) is 13.2. The Labute approximate surface area is 264 Å². The Morgan fingerprint density at radius 2 is 1.13 bits per heavy atom. The molecule has 0 spiro atoms. The minimum Gasteiger partial charge on any atom is -0.493 e. The number of aliphatic imine (C=N–C) groups is 2. The molecule has 2 saturated heterocycles. The molecule has 2 atom stereocenters. The third-order valence-electron chi connectivity index (χ3n) is 8.93. The average molecular weight is 613 g/mol. The van der Waals surface area contributed by atoms with E-state index in [2.05, 4.69) is 22.1 Å². The van der Waals surface area contributed by atoms with Gasteiger partial charge in [0.25, 0.3) is 11.8 Å². The number of unbranched alkanes of at least 4 members (excludes halogenated alkanes) is 2. The predicted molar refractivity (Wildman–Crippen MR) is 174 cm³/mol. The standard InChI is InChI=1S/C35H40N4O6/c1-5-22-12-24-18-36-28-16-32(30(42-3)14-26(28)34(40)38(24)20-22)44-10-8-7-9-11-45-33-17-29-27(15-31(33)43-4)35(41)39-21-23(6-2)13-25(39)19-37-29/h5-6,14-19,24-25H,7-13,20-21H2,1-4H3/t24-,25-/m0/s1. The first-order valence-electron chi connectivity index (χ1n) is 15.6. The maximum atomic E-state index is 13.3. The topological polar surface area (TPSA) is 102 Å². The van der Waals surface area contributed by atoms with Crippen molar-refractivity contribution < 1.29 is 28.5 Å². The third kappa shape index (κ3) is 6.06. The van der Waals surface area contributed by atoms with E-state index in [1.807, 2.05) is 36.1 Å². The van der Waals surface area contributed by atoms with E-state index in [4.69, 9.17) is 18.9 Å². The highest BCUT2D eigenvalue weighted by Gasteiger charge is 2.36. The Bertz CT molecular complexity index is 1490. The van der Waals surface area contributed by atoms with E-state index in [0.29, 0.717) is 71.8 Å². The Morgan fingerprint density at radius 1 is 0.689 bits per heavy atom. The van der Waals surface area contributed by atoms with E-state index >= 15 is 0 Å². The molecule has 4 heterocycles. The van der Waals surface area contributed by atoms with Crippen LogP contribution in [-0.2, 0) is 0 Å². The van der Waals surface area contributed by atoms with Crippen LogP contribution in [0.4, 0.5) is 11.4 Å². The molecule has 4 aliphatic rings. The van der Waals surface area contributed by atoms with Crippen LogP contribution in [0.3, 0.4) is 0 Å². The summed E-state index contributed by atoms with van der Waals surface area (Å²) in [6, 6.07) is 7.02. The van der Waals surface area contributed by atoms with Crippen molar-refractivity contribution in [2.45, 2.75) is 58.0 Å². The number of hydrogen-bond donors (Lipinski definition) is 0. The third-order valence-corrected chi connectivity index (χ3v) is 8.93. The summed E-state index contributed by atoms with van der Waals surface area (Å²) >= 11 is 0. The molecule has 0 saturated carbocycles. The number of hydrogen-bond acceptors (Lipinski definition) is 8. The van der Waals surface area contributed by atoms with Crippen LogP contribution < -0.4 is 18.9 Å². The van der Waals surface area contributed by atoms with E-state index in [1.54, 1.807) is 38.5 Å². The van der Waals surface area contributed by atoms with Crippen LogP contribution in [0.2, 0.25) is 0 Å². The lowest BCUT2D eigenvalue weighted by Gasteiger charge is -2.20. The Kier molecular flexibility index (Phi) is 8.91. The van der Waals surface area contributed by atoms with E-state index in [0.717, 1.165) is 32.1 Å². The summed E-state index contributed by atoms with van der Waals surface area (Å²) in [6.45, 7) is 6.23. The predicted octanol–water partition coefficient (Wildman–Crippen LogP) is 6.09. The number of rotatable bonds is 10. The highest BCUT2D eigenvalue weighted by molar-refractivity contribution is 6.04. The van der Waals surface area contributed by atoms with Crippen molar-refractivity contribution in [2.24, 2.45) is 9.98 Å². The number of amides is 2. The molecule has 10 heteroatoms. The van der Waals surface area contributed by atoms with E-state index < -0.39 is 0 Å². The van der Waals surface area contributed by atoms with Gasteiger partial charge >= 0.3 is 0 Å². The van der Waals surface area contributed by atoms with Crippen molar-refractivity contribution in [3.8, 4) is 23.0 Å². The van der Waals surface area contributed by atoms with Crippen molar-refractivity contribution in [1.82, 2.24) is 9.80 Å². The van der Waals surface area contributed by atoms with Crippen molar-refractivity contribution >= 4 is 35.6 Å². The van der Waals surface area contributed by atoms with Crippen LogP contribution in [0.15, 0.2) is 57.5 Å². The van der Waals surface area contributed by atoms with Crippen molar-refractivity contribution in [1.29, 1.82) is 0 Å². The van der Waals surface area contributed by atoms with Gasteiger partial charge in [0, 0.05) is 37.7 Å². The largest absolute Gasteiger partial charge is 0.493 e. The normalized spacial score (nSPS) is 21.8. The molecule has 0 aliphatic carbocycles. The molecule has 10 nitrogen and oxygen atoms in total. The Morgan fingerprint density at radius 3 is 1.53 bits per heavy atom.